The normalized spacial score (nSPS) is 15.2. The summed E-state index contributed by atoms with van der Waals surface area (Å²) < 4.78 is 44.8. The summed E-state index contributed by atoms with van der Waals surface area (Å²) in [4.78, 5) is 27.5. The number of thiazole rings is 1. The number of aryl methyl sites for hydroxylation is 1. The van der Waals surface area contributed by atoms with Crippen molar-refractivity contribution in [3.05, 3.63) is 30.0 Å². The van der Waals surface area contributed by atoms with Gasteiger partial charge < -0.3 is 20.3 Å². The smallest absolute Gasteiger partial charge is 0.410 e. The van der Waals surface area contributed by atoms with Crippen molar-refractivity contribution in [2.75, 3.05) is 30.3 Å². The van der Waals surface area contributed by atoms with Crippen LogP contribution < -0.4 is 10.6 Å². The highest BCUT2D eigenvalue weighted by Gasteiger charge is 2.30. The third-order valence-electron chi connectivity index (χ3n) is 5.53. The first-order chi connectivity index (χ1) is 16.9. The predicted molar refractivity (Wildman–Crippen MR) is 134 cm³/mol. The number of rotatable bonds is 5. The van der Waals surface area contributed by atoms with Gasteiger partial charge in [0.1, 0.15) is 23.0 Å². The van der Waals surface area contributed by atoms with Crippen LogP contribution in [0.1, 0.15) is 39.3 Å². The molecule has 1 aliphatic heterocycles. The highest BCUT2D eigenvalue weighted by Crippen LogP contribution is 2.37. The van der Waals surface area contributed by atoms with Crippen molar-refractivity contribution < 1.29 is 22.7 Å². The minimum absolute atomic E-state index is 0.0402. The lowest BCUT2D eigenvalue weighted by molar-refractivity contribution is -0.115. The predicted octanol–water partition coefficient (Wildman–Crippen LogP) is 5.85. The fourth-order valence-corrected chi connectivity index (χ4v) is 4.96. The van der Waals surface area contributed by atoms with E-state index in [-0.39, 0.29) is 18.1 Å². The number of anilines is 2. The van der Waals surface area contributed by atoms with Gasteiger partial charge in [-0.15, -0.1) is 11.3 Å². The second kappa shape index (κ2) is 10.1. The molecule has 1 aliphatic rings. The summed E-state index contributed by atoms with van der Waals surface area (Å²) in [5.74, 6) is 0.310. The molecule has 3 aromatic rings. The Morgan fingerprint density at radius 1 is 1.14 bits per heavy atom. The van der Waals surface area contributed by atoms with Crippen LogP contribution in [0.2, 0.25) is 0 Å². The molecular weight excluding hydrogens is 493 g/mol. The number of ether oxygens (including phenoxy) is 1. The van der Waals surface area contributed by atoms with E-state index in [0.717, 1.165) is 10.2 Å². The van der Waals surface area contributed by atoms with E-state index in [9.17, 15) is 18.0 Å². The molecule has 194 valence electrons. The molecule has 8 nitrogen and oxygen atoms in total. The Hall–Kier alpha value is -3.15. The molecule has 4 rings (SSSR count). The molecule has 0 aliphatic carbocycles. The minimum Gasteiger partial charge on any atom is -0.444 e. The van der Waals surface area contributed by atoms with Gasteiger partial charge in [0.05, 0.1) is 21.5 Å². The Morgan fingerprint density at radius 2 is 1.83 bits per heavy atom. The zero-order chi connectivity index (χ0) is 26.1. The Balaban J connectivity index is 1.58. The van der Waals surface area contributed by atoms with Crippen LogP contribution in [-0.4, -0.2) is 63.4 Å². The maximum Gasteiger partial charge on any atom is 0.410 e. The number of hydrogen-bond donors (Lipinski definition) is 2. The largest absolute Gasteiger partial charge is 0.444 e. The number of halogens is 3. The number of benzene rings is 1. The molecule has 1 fully saturated rings. The number of carbonyl (C=O) groups is 1. The van der Waals surface area contributed by atoms with Crippen molar-refractivity contribution in [2.24, 2.45) is 0 Å². The van der Waals surface area contributed by atoms with Crippen LogP contribution in [0.5, 0.6) is 0 Å². The molecule has 0 unspecified atom stereocenters. The number of likely N-dealkylation sites (tertiary alicyclic amines) is 1. The Bertz CT molecular complexity index is 1200. The van der Waals surface area contributed by atoms with E-state index < -0.39 is 18.3 Å². The van der Waals surface area contributed by atoms with Crippen LogP contribution in [0.15, 0.2) is 24.3 Å². The summed E-state index contributed by atoms with van der Waals surface area (Å²) in [6.45, 7) is 6.96. The first kappa shape index (κ1) is 25.9. The third kappa shape index (κ3) is 6.54. The minimum atomic E-state index is -4.40. The van der Waals surface area contributed by atoms with Crippen molar-refractivity contribution in [2.45, 2.75) is 58.4 Å². The maximum absolute atomic E-state index is 12.8. The zero-order valence-electron chi connectivity index (χ0n) is 20.6. The molecule has 0 radical (unpaired) electrons. The van der Waals surface area contributed by atoms with Gasteiger partial charge in [0.2, 0.25) is 5.95 Å². The SMILES string of the molecule is Cc1nc(NCC(F)(F)F)nc(NC2CCN(C(=O)OC(C)(C)C)CC2)c1-c1nc2ccccc2s1. The number of alkyl halides is 3. The highest BCUT2D eigenvalue weighted by molar-refractivity contribution is 7.21. The first-order valence-corrected chi connectivity index (χ1v) is 12.5. The van der Waals surface area contributed by atoms with Gasteiger partial charge in [0.25, 0.3) is 0 Å². The van der Waals surface area contributed by atoms with Crippen molar-refractivity contribution >= 4 is 39.4 Å². The fraction of sp³-hybridized carbons (Fsp3) is 0.500. The number of para-hydroxylation sites is 1. The topological polar surface area (TPSA) is 92.3 Å². The molecule has 2 N–H and O–H groups in total. The maximum atomic E-state index is 12.8. The van der Waals surface area contributed by atoms with E-state index in [4.69, 9.17) is 9.72 Å². The van der Waals surface area contributed by atoms with E-state index in [2.05, 4.69) is 20.6 Å². The molecule has 0 saturated carbocycles. The number of nitrogens with zero attached hydrogens (tertiary/aromatic N) is 4. The van der Waals surface area contributed by atoms with Crippen LogP contribution in [-0.2, 0) is 4.74 Å². The van der Waals surface area contributed by atoms with Gasteiger partial charge in [-0.2, -0.15) is 18.2 Å². The Kier molecular flexibility index (Phi) is 7.26. The van der Waals surface area contributed by atoms with Gasteiger partial charge in [0.15, 0.2) is 0 Å². The van der Waals surface area contributed by atoms with Gasteiger partial charge in [-0.1, -0.05) is 12.1 Å². The van der Waals surface area contributed by atoms with Gasteiger partial charge in [-0.3, -0.25) is 0 Å². The third-order valence-corrected chi connectivity index (χ3v) is 6.59. The molecular formula is C24H29F3N6O2S. The molecule has 2 aromatic heterocycles. The summed E-state index contributed by atoms with van der Waals surface area (Å²) in [5.41, 5.74) is 1.43. The molecule has 36 heavy (non-hydrogen) atoms. The van der Waals surface area contributed by atoms with Crippen molar-refractivity contribution in [1.82, 2.24) is 19.9 Å². The summed E-state index contributed by atoms with van der Waals surface area (Å²) in [7, 11) is 0. The number of carbonyl (C=O) groups excluding carboxylic acids is 1. The molecule has 1 saturated heterocycles. The number of nitrogens with one attached hydrogen (secondary N) is 2. The molecule has 1 aromatic carbocycles. The van der Waals surface area contributed by atoms with Crippen LogP contribution in [0.25, 0.3) is 20.8 Å². The average Bonchev–Trinajstić information content (AvgIpc) is 3.20. The Morgan fingerprint density at radius 3 is 2.47 bits per heavy atom. The molecule has 0 bridgehead atoms. The number of aromatic nitrogens is 3. The van der Waals surface area contributed by atoms with Crippen molar-refractivity contribution in [1.29, 1.82) is 0 Å². The zero-order valence-corrected chi connectivity index (χ0v) is 21.4. The van der Waals surface area contributed by atoms with Crippen LogP contribution in [0.3, 0.4) is 0 Å². The monoisotopic (exact) mass is 522 g/mol. The number of hydrogen-bond acceptors (Lipinski definition) is 8. The van der Waals surface area contributed by atoms with Crippen molar-refractivity contribution in [3.63, 3.8) is 0 Å². The van der Waals surface area contributed by atoms with Crippen LogP contribution in [0.4, 0.5) is 29.7 Å². The van der Waals surface area contributed by atoms with Crippen LogP contribution in [0, 0.1) is 6.92 Å². The van der Waals surface area contributed by atoms with E-state index in [1.54, 1.807) is 11.8 Å². The van der Waals surface area contributed by atoms with Crippen LogP contribution >= 0.6 is 11.3 Å². The van der Waals surface area contributed by atoms with E-state index in [1.165, 1.54) is 11.3 Å². The number of piperidine rings is 1. The van der Waals surface area contributed by atoms with Gasteiger partial charge >= 0.3 is 12.3 Å². The standard InChI is InChI=1S/C24H29F3N6O2S/c1-14-18(20-31-16-7-5-6-8-17(16)36-20)19(32-21(29-14)28-13-24(25,26)27)30-15-9-11-33(12-10-15)22(34)35-23(2,3)4/h5-8,15H,9-13H2,1-4H3,(H2,28,29,30,32). The summed E-state index contributed by atoms with van der Waals surface area (Å²) in [6, 6.07) is 7.66. The fourth-order valence-electron chi connectivity index (χ4n) is 3.90. The van der Waals surface area contributed by atoms with E-state index in [1.807, 2.05) is 45.0 Å². The Labute approximate surface area is 211 Å². The first-order valence-electron chi connectivity index (χ1n) is 11.7. The molecule has 1 amide bonds. The van der Waals surface area contributed by atoms with Gasteiger partial charge in [0, 0.05) is 19.1 Å². The van der Waals surface area contributed by atoms with Gasteiger partial charge in [-0.05, 0) is 52.7 Å². The van der Waals surface area contributed by atoms with E-state index >= 15 is 0 Å². The molecule has 12 heteroatoms. The lowest BCUT2D eigenvalue weighted by Gasteiger charge is -2.34. The second-order valence-electron chi connectivity index (χ2n) is 9.70. The molecule has 0 spiro atoms. The van der Waals surface area contributed by atoms with Crippen molar-refractivity contribution in [3.8, 4) is 10.6 Å². The highest BCUT2D eigenvalue weighted by atomic mass is 32.1. The average molecular weight is 523 g/mol. The summed E-state index contributed by atoms with van der Waals surface area (Å²) >= 11 is 1.47. The lowest BCUT2D eigenvalue weighted by Crippen LogP contribution is -2.44. The second-order valence-corrected chi connectivity index (χ2v) is 10.7. The quantitative estimate of drug-likeness (QED) is 0.434. The summed E-state index contributed by atoms with van der Waals surface area (Å²) in [5, 5.41) is 6.36. The molecule has 0 atom stereocenters. The number of fused-ring (bicyclic) bond motifs is 1. The van der Waals surface area contributed by atoms with Gasteiger partial charge in [-0.25, -0.2) is 14.8 Å². The number of amides is 1. The summed E-state index contributed by atoms with van der Waals surface area (Å²) in [6.07, 6.45) is -3.49. The van der Waals surface area contributed by atoms with E-state index in [0.29, 0.717) is 48.0 Å². The molecule has 3 heterocycles. The lowest BCUT2D eigenvalue weighted by atomic mass is 10.0.